The number of benzene rings is 2. The van der Waals surface area contributed by atoms with E-state index in [1.807, 2.05) is 0 Å². The van der Waals surface area contributed by atoms with Gasteiger partial charge in [0.25, 0.3) is 11.8 Å². The molecule has 2 aromatic rings. The lowest BCUT2D eigenvalue weighted by Gasteiger charge is -2.31. The molecule has 0 saturated heterocycles. The van der Waals surface area contributed by atoms with Crippen LogP contribution in [0.5, 0.6) is 0 Å². The zero-order chi connectivity index (χ0) is 17.3. The van der Waals surface area contributed by atoms with Crippen molar-refractivity contribution in [3.05, 3.63) is 65.5 Å². The molecule has 1 atom stereocenters. The number of imide groups is 1. The Morgan fingerprint density at radius 2 is 1.79 bits per heavy atom. The van der Waals surface area contributed by atoms with Gasteiger partial charge in [0, 0.05) is 17.0 Å². The number of terminal acetylenes is 1. The molecule has 1 unspecified atom stereocenters. The number of rotatable bonds is 2. The number of amides is 2. The SMILES string of the molecule is C#CC(=O)OC1C(=O)N(c2ccc(F)cc2)C(=O)c2ccccc21. The van der Waals surface area contributed by atoms with Crippen molar-refractivity contribution in [3.63, 3.8) is 0 Å². The lowest BCUT2D eigenvalue weighted by molar-refractivity contribution is -0.150. The minimum absolute atomic E-state index is 0.169. The quantitative estimate of drug-likeness (QED) is 0.368. The lowest BCUT2D eigenvalue weighted by Crippen LogP contribution is -2.46. The van der Waals surface area contributed by atoms with Crippen LogP contribution in [-0.2, 0) is 14.3 Å². The van der Waals surface area contributed by atoms with E-state index in [4.69, 9.17) is 11.2 Å². The molecule has 118 valence electrons. The van der Waals surface area contributed by atoms with Crippen LogP contribution in [0.4, 0.5) is 10.1 Å². The van der Waals surface area contributed by atoms with Gasteiger partial charge in [-0.25, -0.2) is 14.1 Å². The Bertz CT molecular complexity index is 883. The fourth-order valence-electron chi connectivity index (χ4n) is 2.48. The first-order valence-corrected chi connectivity index (χ1v) is 6.93. The lowest BCUT2D eigenvalue weighted by atomic mass is 9.95. The molecule has 1 aliphatic rings. The Hall–Kier alpha value is -3.46. The second kappa shape index (κ2) is 5.97. The minimum Gasteiger partial charge on any atom is -0.438 e. The number of fused-ring (bicyclic) bond motifs is 1. The number of carbonyl (C=O) groups is 3. The predicted molar refractivity (Wildman–Crippen MR) is 82.3 cm³/mol. The Morgan fingerprint density at radius 1 is 1.12 bits per heavy atom. The van der Waals surface area contributed by atoms with Gasteiger partial charge in [-0.05, 0) is 30.3 Å². The van der Waals surface area contributed by atoms with Crippen molar-refractivity contribution < 1.29 is 23.5 Å². The largest absolute Gasteiger partial charge is 0.438 e. The Labute approximate surface area is 136 Å². The molecule has 6 heteroatoms. The highest BCUT2D eigenvalue weighted by Gasteiger charge is 2.41. The molecule has 2 amide bonds. The number of hydrogen-bond acceptors (Lipinski definition) is 4. The smallest absolute Gasteiger partial charge is 0.385 e. The Kier molecular flexibility index (Phi) is 3.84. The summed E-state index contributed by atoms with van der Waals surface area (Å²) in [5.41, 5.74) is 0.633. The van der Waals surface area contributed by atoms with Gasteiger partial charge in [-0.15, -0.1) is 6.42 Å². The van der Waals surface area contributed by atoms with Crippen molar-refractivity contribution in [2.75, 3.05) is 4.90 Å². The third-order valence-corrected chi connectivity index (χ3v) is 3.55. The van der Waals surface area contributed by atoms with E-state index in [9.17, 15) is 18.8 Å². The number of esters is 1. The van der Waals surface area contributed by atoms with E-state index in [0.717, 1.165) is 17.0 Å². The zero-order valence-corrected chi connectivity index (χ0v) is 12.2. The molecule has 1 aliphatic heterocycles. The molecule has 0 aliphatic carbocycles. The summed E-state index contributed by atoms with van der Waals surface area (Å²) in [7, 11) is 0. The zero-order valence-electron chi connectivity index (χ0n) is 12.2. The molecule has 24 heavy (non-hydrogen) atoms. The standard InChI is InChI=1S/C18H10FNO4/c1-2-15(21)24-16-13-5-3-4-6-14(13)17(22)20(18(16)23)12-9-7-11(19)8-10-12/h1,3-10,16H. The summed E-state index contributed by atoms with van der Waals surface area (Å²) >= 11 is 0. The molecule has 3 rings (SSSR count). The van der Waals surface area contributed by atoms with Gasteiger partial charge in [0.2, 0.25) is 6.10 Å². The van der Waals surface area contributed by atoms with Crippen LogP contribution in [-0.4, -0.2) is 17.8 Å². The van der Waals surface area contributed by atoms with E-state index in [2.05, 4.69) is 0 Å². The summed E-state index contributed by atoms with van der Waals surface area (Å²) in [5, 5.41) is 0. The highest BCUT2D eigenvalue weighted by Crippen LogP contribution is 2.33. The summed E-state index contributed by atoms with van der Waals surface area (Å²) in [4.78, 5) is 37.6. The average molecular weight is 323 g/mol. The summed E-state index contributed by atoms with van der Waals surface area (Å²) in [5.74, 6) is -1.11. The van der Waals surface area contributed by atoms with Crippen molar-refractivity contribution in [3.8, 4) is 12.3 Å². The van der Waals surface area contributed by atoms with Gasteiger partial charge in [-0.2, -0.15) is 0 Å². The third-order valence-electron chi connectivity index (χ3n) is 3.55. The second-order valence-corrected chi connectivity index (χ2v) is 4.97. The van der Waals surface area contributed by atoms with Crippen molar-refractivity contribution in [2.45, 2.75) is 6.10 Å². The van der Waals surface area contributed by atoms with Crippen molar-refractivity contribution in [1.82, 2.24) is 0 Å². The second-order valence-electron chi connectivity index (χ2n) is 4.97. The molecular weight excluding hydrogens is 313 g/mol. The van der Waals surface area contributed by atoms with Gasteiger partial charge < -0.3 is 4.74 Å². The fourth-order valence-corrected chi connectivity index (χ4v) is 2.48. The minimum atomic E-state index is -1.34. The van der Waals surface area contributed by atoms with Gasteiger partial charge in [-0.1, -0.05) is 18.2 Å². The Balaban J connectivity index is 2.11. The summed E-state index contributed by atoms with van der Waals surface area (Å²) < 4.78 is 18.1. The van der Waals surface area contributed by atoms with Crippen LogP contribution in [0.2, 0.25) is 0 Å². The predicted octanol–water partition coefficient (Wildman–Crippen LogP) is 2.23. The number of carbonyl (C=O) groups excluding carboxylic acids is 3. The molecule has 2 aromatic carbocycles. The van der Waals surface area contributed by atoms with Gasteiger partial charge in [0.05, 0.1) is 5.69 Å². The van der Waals surface area contributed by atoms with Crippen LogP contribution in [0.3, 0.4) is 0 Å². The summed E-state index contributed by atoms with van der Waals surface area (Å²) in [6, 6.07) is 11.1. The number of nitrogens with zero attached hydrogens (tertiary/aromatic N) is 1. The number of ether oxygens (including phenoxy) is 1. The van der Waals surface area contributed by atoms with E-state index < -0.39 is 29.7 Å². The molecule has 5 nitrogen and oxygen atoms in total. The number of anilines is 1. The van der Waals surface area contributed by atoms with Crippen LogP contribution < -0.4 is 4.90 Å². The Morgan fingerprint density at radius 3 is 2.46 bits per heavy atom. The molecule has 0 aromatic heterocycles. The van der Waals surface area contributed by atoms with Crippen LogP contribution in [0.15, 0.2) is 48.5 Å². The van der Waals surface area contributed by atoms with E-state index in [1.54, 1.807) is 18.1 Å². The topological polar surface area (TPSA) is 63.7 Å². The average Bonchev–Trinajstić information content (AvgIpc) is 2.60. The van der Waals surface area contributed by atoms with Gasteiger partial charge in [-0.3, -0.25) is 9.59 Å². The number of hydrogen-bond donors (Lipinski definition) is 0. The fraction of sp³-hybridized carbons (Fsp3) is 0.0556. The van der Waals surface area contributed by atoms with E-state index in [1.165, 1.54) is 24.3 Å². The summed E-state index contributed by atoms with van der Waals surface area (Å²) in [6.07, 6.45) is 3.65. The van der Waals surface area contributed by atoms with Crippen LogP contribution in [0, 0.1) is 18.2 Å². The van der Waals surface area contributed by atoms with Crippen molar-refractivity contribution in [1.29, 1.82) is 0 Å². The molecule has 0 bridgehead atoms. The van der Waals surface area contributed by atoms with Crippen LogP contribution >= 0.6 is 0 Å². The van der Waals surface area contributed by atoms with E-state index >= 15 is 0 Å². The van der Waals surface area contributed by atoms with Crippen LogP contribution in [0.1, 0.15) is 22.0 Å². The van der Waals surface area contributed by atoms with E-state index in [-0.39, 0.29) is 16.8 Å². The van der Waals surface area contributed by atoms with Gasteiger partial charge in [0.15, 0.2) is 0 Å². The first-order chi connectivity index (χ1) is 11.5. The normalized spacial score (nSPS) is 16.3. The molecule has 0 radical (unpaired) electrons. The number of halogens is 1. The van der Waals surface area contributed by atoms with E-state index in [0.29, 0.717) is 0 Å². The van der Waals surface area contributed by atoms with Crippen molar-refractivity contribution in [2.24, 2.45) is 0 Å². The summed E-state index contributed by atoms with van der Waals surface area (Å²) in [6.45, 7) is 0. The molecule has 1 heterocycles. The third kappa shape index (κ3) is 2.52. The van der Waals surface area contributed by atoms with Crippen LogP contribution in [0.25, 0.3) is 0 Å². The first kappa shape index (κ1) is 15.4. The van der Waals surface area contributed by atoms with Gasteiger partial charge >= 0.3 is 5.97 Å². The maximum atomic E-state index is 13.1. The highest BCUT2D eigenvalue weighted by atomic mass is 19.1. The maximum Gasteiger partial charge on any atom is 0.385 e. The monoisotopic (exact) mass is 323 g/mol. The van der Waals surface area contributed by atoms with Gasteiger partial charge in [0.1, 0.15) is 5.82 Å². The van der Waals surface area contributed by atoms with Crippen molar-refractivity contribution >= 4 is 23.5 Å². The highest BCUT2D eigenvalue weighted by molar-refractivity contribution is 6.26. The molecule has 0 spiro atoms. The molecule has 0 N–H and O–H groups in total. The molecule has 0 fully saturated rings. The molecular formula is C18H10FNO4. The first-order valence-electron chi connectivity index (χ1n) is 6.93. The molecule has 0 saturated carbocycles. The maximum absolute atomic E-state index is 13.1.